The van der Waals surface area contributed by atoms with Gasteiger partial charge in [-0.2, -0.15) is 0 Å². The lowest BCUT2D eigenvalue weighted by Gasteiger charge is -2.08. The summed E-state index contributed by atoms with van der Waals surface area (Å²) < 4.78 is 12.3. The van der Waals surface area contributed by atoms with Crippen molar-refractivity contribution in [2.24, 2.45) is 0 Å². The molecule has 0 spiro atoms. The molecule has 68 valence electrons. The third-order valence-electron chi connectivity index (χ3n) is 2.46. The number of hydrogen-bond donors (Lipinski definition) is 0. The van der Waals surface area contributed by atoms with Gasteiger partial charge in [0.1, 0.15) is 7.14 Å². The molecule has 1 aliphatic heterocycles. The lowest BCUT2D eigenvalue weighted by molar-refractivity contribution is 0.587. The van der Waals surface area contributed by atoms with Gasteiger partial charge in [0.2, 0.25) is 0 Å². The largest absolute Gasteiger partial charge is 0.314 e. The second-order valence-corrected chi connectivity index (χ2v) is 6.39. The van der Waals surface area contributed by atoms with E-state index in [1.165, 1.54) is 5.57 Å². The van der Waals surface area contributed by atoms with Crippen LogP contribution in [0, 0.1) is 0 Å². The highest BCUT2D eigenvalue weighted by Crippen LogP contribution is 2.52. The van der Waals surface area contributed by atoms with E-state index in [1.54, 1.807) is 0 Å². The van der Waals surface area contributed by atoms with Crippen LogP contribution in [0.5, 0.6) is 0 Å². The van der Waals surface area contributed by atoms with E-state index in [4.69, 9.17) is 0 Å². The van der Waals surface area contributed by atoms with Gasteiger partial charge in [-0.15, -0.1) is 0 Å². The van der Waals surface area contributed by atoms with E-state index in [2.05, 4.69) is 6.92 Å². The predicted molar refractivity (Wildman–Crippen MR) is 56.9 cm³/mol. The molecule has 0 saturated carbocycles. The lowest BCUT2D eigenvalue weighted by Crippen LogP contribution is -2.01. The van der Waals surface area contributed by atoms with Crippen LogP contribution in [-0.2, 0) is 4.57 Å². The SMILES string of the molecule is CC1=C[P@@](=O)(c2ccccc2)CC1. The number of rotatable bonds is 1. The summed E-state index contributed by atoms with van der Waals surface area (Å²) in [5, 5.41) is 1.01. The Morgan fingerprint density at radius 2 is 1.92 bits per heavy atom. The van der Waals surface area contributed by atoms with Gasteiger partial charge in [-0.3, -0.25) is 0 Å². The molecule has 0 aromatic heterocycles. The summed E-state index contributed by atoms with van der Waals surface area (Å²) in [5.74, 6) is 1.97. The molecule has 2 rings (SSSR count). The Morgan fingerprint density at radius 3 is 2.46 bits per heavy atom. The smallest absolute Gasteiger partial charge is 0.136 e. The van der Waals surface area contributed by atoms with Gasteiger partial charge in [0.15, 0.2) is 0 Å². The molecule has 1 aromatic carbocycles. The van der Waals surface area contributed by atoms with Crippen molar-refractivity contribution in [2.45, 2.75) is 13.3 Å². The van der Waals surface area contributed by atoms with Crippen LogP contribution in [-0.4, -0.2) is 6.16 Å². The molecule has 0 fully saturated rings. The highest BCUT2D eigenvalue weighted by molar-refractivity contribution is 7.74. The van der Waals surface area contributed by atoms with Crippen molar-refractivity contribution in [3.63, 3.8) is 0 Å². The van der Waals surface area contributed by atoms with Crippen LogP contribution < -0.4 is 5.30 Å². The minimum atomic E-state index is -2.14. The number of hydrogen-bond acceptors (Lipinski definition) is 1. The van der Waals surface area contributed by atoms with E-state index in [9.17, 15) is 4.57 Å². The minimum absolute atomic E-state index is 0.822. The Morgan fingerprint density at radius 1 is 1.23 bits per heavy atom. The van der Waals surface area contributed by atoms with Crippen LogP contribution >= 0.6 is 7.14 Å². The predicted octanol–water partition coefficient (Wildman–Crippen LogP) is 2.98. The van der Waals surface area contributed by atoms with Crippen molar-refractivity contribution in [2.75, 3.05) is 6.16 Å². The summed E-state index contributed by atoms with van der Waals surface area (Å²) in [6.07, 6.45) is 1.81. The van der Waals surface area contributed by atoms with Crippen molar-refractivity contribution in [3.05, 3.63) is 41.7 Å². The lowest BCUT2D eigenvalue weighted by atomic mass is 10.3. The van der Waals surface area contributed by atoms with Crippen molar-refractivity contribution >= 4 is 12.4 Å². The summed E-state index contributed by atoms with van der Waals surface area (Å²) >= 11 is 0. The molecule has 0 amide bonds. The summed E-state index contributed by atoms with van der Waals surface area (Å²) in [7, 11) is -2.14. The fraction of sp³-hybridized carbons (Fsp3) is 0.273. The second-order valence-electron chi connectivity index (χ2n) is 3.58. The fourth-order valence-electron chi connectivity index (χ4n) is 1.71. The molecule has 1 aromatic rings. The van der Waals surface area contributed by atoms with E-state index >= 15 is 0 Å². The standard InChI is InChI=1S/C11H13OP/c1-10-7-8-13(12,9-10)11-5-3-2-4-6-11/h2-6,9H,7-8H2,1H3/t13-/m1/s1. The zero-order valence-electron chi connectivity index (χ0n) is 7.73. The maximum absolute atomic E-state index is 12.3. The first kappa shape index (κ1) is 8.77. The quantitative estimate of drug-likeness (QED) is 0.625. The van der Waals surface area contributed by atoms with Gasteiger partial charge >= 0.3 is 0 Å². The molecule has 1 nitrogen and oxygen atoms in total. The summed E-state index contributed by atoms with van der Waals surface area (Å²) in [6, 6.07) is 9.81. The molecule has 0 N–H and O–H groups in total. The maximum atomic E-state index is 12.3. The Balaban J connectivity index is 2.43. The van der Waals surface area contributed by atoms with Crippen LogP contribution in [0.15, 0.2) is 41.7 Å². The van der Waals surface area contributed by atoms with Crippen molar-refractivity contribution in [1.29, 1.82) is 0 Å². The van der Waals surface area contributed by atoms with Crippen LogP contribution in [0.25, 0.3) is 0 Å². The molecule has 0 aliphatic carbocycles. The first-order valence-electron chi connectivity index (χ1n) is 4.53. The zero-order chi connectivity index (χ0) is 9.31. The molecule has 13 heavy (non-hydrogen) atoms. The van der Waals surface area contributed by atoms with E-state index in [1.807, 2.05) is 36.1 Å². The summed E-state index contributed by atoms with van der Waals surface area (Å²) in [4.78, 5) is 0. The summed E-state index contributed by atoms with van der Waals surface area (Å²) in [5.41, 5.74) is 1.27. The summed E-state index contributed by atoms with van der Waals surface area (Å²) in [6.45, 7) is 2.06. The van der Waals surface area contributed by atoms with Crippen LogP contribution in [0.4, 0.5) is 0 Å². The Labute approximate surface area is 78.9 Å². The monoisotopic (exact) mass is 192 g/mol. The van der Waals surface area contributed by atoms with Gasteiger partial charge in [-0.05, 0) is 19.2 Å². The van der Waals surface area contributed by atoms with Gasteiger partial charge in [0.05, 0.1) is 0 Å². The van der Waals surface area contributed by atoms with E-state index in [-0.39, 0.29) is 0 Å². The van der Waals surface area contributed by atoms with Crippen LogP contribution in [0.2, 0.25) is 0 Å². The van der Waals surface area contributed by atoms with Crippen molar-refractivity contribution in [1.82, 2.24) is 0 Å². The van der Waals surface area contributed by atoms with Gasteiger partial charge < -0.3 is 4.57 Å². The molecule has 0 bridgehead atoms. The first-order valence-corrected chi connectivity index (χ1v) is 6.49. The topological polar surface area (TPSA) is 17.1 Å². The van der Waals surface area contributed by atoms with Crippen molar-refractivity contribution in [3.8, 4) is 0 Å². The average Bonchev–Trinajstić information content (AvgIpc) is 2.49. The van der Waals surface area contributed by atoms with Gasteiger partial charge in [-0.25, -0.2) is 0 Å². The Bertz CT molecular complexity index is 378. The number of allylic oxidation sites excluding steroid dienone is 1. The molecule has 1 heterocycles. The van der Waals surface area contributed by atoms with Gasteiger partial charge in [0.25, 0.3) is 0 Å². The number of benzene rings is 1. The maximum Gasteiger partial charge on any atom is 0.136 e. The second kappa shape index (κ2) is 3.16. The Kier molecular flexibility index (Phi) is 2.13. The van der Waals surface area contributed by atoms with Crippen LogP contribution in [0.3, 0.4) is 0 Å². The van der Waals surface area contributed by atoms with E-state index < -0.39 is 7.14 Å². The molecular weight excluding hydrogens is 179 g/mol. The molecule has 0 saturated heterocycles. The first-order chi connectivity index (χ1) is 6.21. The molecule has 1 aliphatic rings. The molecule has 2 heteroatoms. The molecule has 0 unspecified atom stereocenters. The van der Waals surface area contributed by atoms with E-state index in [0.29, 0.717) is 0 Å². The third-order valence-corrected chi connectivity index (χ3v) is 5.38. The highest BCUT2D eigenvalue weighted by Gasteiger charge is 2.26. The highest BCUT2D eigenvalue weighted by atomic mass is 31.2. The van der Waals surface area contributed by atoms with Gasteiger partial charge in [0, 0.05) is 11.5 Å². The van der Waals surface area contributed by atoms with E-state index in [0.717, 1.165) is 17.9 Å². The van der Waals surface area contributed by atoms with Crippen molar-refractivity contribution < 1.29 is 4.57 Å². The molecular formula is C11H13OP. The zero-order valence-corrected chi connectivity index (χ0v) is 8.63. The molecule has 1 atom stereocenters. The third kappa shape index (κ3) is 1.62. The van der Waals surface area contributed by atoms with Gasteiger partial charge in [-0.1, -0.05) is 35.9 Å². The normalized spacial score (nSPS) is 27.3. The Hall–Kier alpha value is -0.810. The van der Waals surface area contributed by atoms with Crippen LogP contribution in [0.1, 0.15) is 13.3 Å². The fourth-order valence-corrected chi connectivity index (χ4v) is 4.45. The molecule has 0 radical (unpaired) electrons. The minimum Gasteiger partial charge on any atom is -0.314 e. The average molecular weight is 192 g/mol.